The third-order valence-corrected chi connectivity index (χ3v) is 7.13. The van der Waals surface area contributed by atoms with Crippen LogP contribution in [-0.4, -0.2) is 11.5 Å². The van der Waals surface area contributed by atoms with E-state index in [0.29, 0.717) is 0 Å². The summed E-state index contributed by atoms with van der Waals surface area (Å²) >= 11 is 0. The lowest BCUT2D eigenvalue weighted by molar-refractivity contribution is 0.664. The van der Waals surface area contributed by atoms with E-state index in [2.05, 4.69) is 122 Å². The normalized spacial score (nSPS) is 19.3. The van der Waals surface area contributed by atoms with Crippen LogP contribution in [-0.2, 0) is 6.42 Å². The van der Waals surface area contributed by atoms with Crippen LogP contribution < -0.4 is 0 Å². The Labute approximate surface area is 207 Å². The van der Waals surface area contributed by atoms with Crippen LogP contribution in [0.2, 0.25) is 0 Å². The number of amidine groups is 1. The van der Waals surface area contributed by atoms with E-state index in [1.54, 1.807) is 0 Å². The Morgan fingerprint density at radius 1 is 0.657 bits per heavy atom. The van der Waals surface area contributed by atoms with Gasteiger partial charge in [-0.05, 0) is 53.2 Å². The van der Waals surface area contributed by atoms with Gasteiger partial charge < -0.3 is 0 Å². The second-order valence-corrected chi connectivity index (χ2v) is 9.34. The Bertz CT molecular complexity index is 1430. The number of aryl methyl sites for hydroxylation is 1. The van der Waals surface area contributed by atoms with Crippen molar-refractivity contribution in [2.75, 3.05) is 0 Å². The number of allylic oxidation sites excluding steroid dienone is 1. The van der Waals surface area contributed by atoms with Crippen molar-refractivity contribution in [1.29, 1.82) is 0 Å². The molecule has 0 amide bonds. The van der Waals surface area contributed by atoms with Crippen LogP contribution in [0.3, 0.4) is 0 Å². The Hall–Kier alpha value is -4.04. The number of hydrogen-bond donors (Lipinski definition) is 0. The summed E-state index contributed by atoms with van der Waals surface area (Å²) in [6.07, 6.45) is 4.57. The Morgan fingerprint density at radius 2 is 1.29 bits per heavy atom. The van der Waals surface area contributed by atoms with Crippen LogP contribution in [0.15, 0.2) is 125 Å². The van der Waals surface area contributed by atoms with Crippen LogP contribution in [0, 0.1) is 0 Å². The maximum atomic E-state index is 5.22. The van der Waals surface area contributed by atoms with E-state index in [-0.39, 0.29) is 12.0 Å². The van der Waals surface area contributed by atoms with E-state index < -0.39 is 0 Å². The average Bonchev–Trinajstić information content (AvgIpc) is 2.93. The fourth-order valence-electron chi connectivity index (χ4n) is 5.40. The van der Waals surface area contributed by atoms with Gasteiger partial charge in [0.05, 0.1) is 6.04 Å². The van der Waals surface area contributed by atoms with Gasteiger partial charge in [0.25, 0.3) is 0 Å². The number of benzene rings is 4. The predicted octanol–water partition coefficient (Wildman–Crippen LogP) is 7.81. The van der Waals surface area contributed by atoms with Gasteiger partial charge in [-0.3, -0.25) is 4.99 Å². The maximum absolute atomic E-state index is 5.22. The molecular formula is C33H28N2. The van der Waals surface area contributed by atoms with Gasteiger partial charge in [-0.25, -0.2) is 4.99 Å². The number of fused-ring (bicyclic) bond motifs is 1. The molecule has 4 aromatic rings. The van der Waals surface area contributed by atoms with E-state index in [9.17, 15) is 0 Å². The first kappa shape index (κ1) is 21.5. The third kappa shape index (κ3) is 4.17. The van der Waals surface area contributed by atoms with Crippen molar-refractivity contribution in [3.8, 4) is 0 Å². The molecule has 6 rings (SSSR count). The number of nitrogens with zero attached hydrogens (tertiary/aromatic N) is 2. The van der Waals surface area contributed by atoms with Gasteiger partial charge in [0.2, 0.25) is 0 Å². The first-order valence-electron chi connectivity index (χ1n) is 12.4. The molecule has 2 heteroatoms. The van der Waals surface area contributed by atoms with E-state index in [0.717, 1.165) is 30.0 Å². The molecule has 0 saturated heterocycles. The molecule has 1 aliphatic carbocycles. The zero-order valence-corrected chi connectivity index (χ0v) is 19.9. The first-order valence-corrected chi connectivity index (χ1v) is 12.4. The lowest BCUT2D eigenvalue weighted by Crippen LogP contribution is -2.24. The van der Waals surface area contributed by atoms with Crippen LogP contribution in [0.25, 0.3) is 5.57 Å². The Balaban J connectivity index is 1.37. The zero-order chi connectivity index (χ0) is 23.6. The fourth-order valence-corrected chi connectivity index (χ4v) is 5.40. The Morgan fingerprint density at radius 3 is 2.03 bits per heavy atom. The second kappa shape index (κ2) is 9.31. The quantitative estimate of drug-likeness (QED) is 0.302. The predicted molar refractivity (Wildman–Crippen MR) is 146 cm³/mol. The maximum Gasteiger partial charge on any atom is 0.155 e. The monoisotopic (exact) mass is 452 g/mol. The number of hydrogen-bond acceptors (Lipinski definition) is 2. The van der Waals surface area contributed by atoms with Gasteiger partial charge in [-0.15, -0.1) is 0 Å². The van der Waals surface area contributed by atoms with Crippen molar-refractivity contribution in [2.24, 2.45) is 9.98 Å². The van der Waals surface area contributed by atoms with Gasteiger partial charge in [-0.1, -0.05) is 115 Å². The first-order chi connectivity index (χ1) is 17.3. The van der Waals surface area contributed by atoms with Crippen LogP contribution in [0.1, 0.15) is 58.7 Å². The van der Waals surface area contributed by atoms with Gasteiger partial charge in [0.15, 0.2) is 5.84 Å². The van der Waals surface area contributed by atoms with Crippen molar-refractivity contribution in [2.45, 2.75) is 31.7 Å². The number of aliphatic imine (C=N–C) groups is 2. The molecule has 0 N–H and O–H groups in total. The van der Waals surface area contributed by atoms with Crippen molar-refractivity contribution >= 4 is 17.1 Å². The van der Waals surface area contributed by atoms with E-state index in [1.807, 2.05) is 0 Å². The summed E-state index contributed by atoms with van der Waals surface area (Å²) in [5.74, 6) is 0.943. The molecule has 0 aromatic heterocycles. The smallest absolute Gasteiger partial charge is 0.155 e. The molecule has 0 spiro atoms. The summed E-state index contributed by atoms with van der Waals surface area (Å²) in [7, 11) is 0. The minimum atomic E-state index is -0.00120. The molecule has 170 valence electrons. The van der Waals surface area contributed by atoms with Crippen molar-refractivity contribution in [3.63, 3.8) is 0 Å². The standard InChI is InChI=1S/C33H28N2/c1-23-31(26-12-4-2-5-13-26)32(27-14-6-3-7-15-27)35-33(34-23)28-21-19-25(20-22-28)30-18-10-16-24-11-8-9-17-29(24)30/h2-9,11-15,17-22,31-32H,10,16H2,1H3. The second-order valence-electron chi connectivity index (χ2n) is 9.34. The lowest BCUT2D eigenvalue weighted by Gasteiger charge is -2.29. The highest BCUT2D eigenvalue weighted by atomic mass is 15.0. The summed E-state index contributed by atoms with van der Waals surface area (Å²) in [6.45, 7) is 2.14. The topological polar surface area (TPSA) is 24.7 Å². The molecule has 2 unspecified atom stereocenters. The molecule has 35 heavy (non-hydrogen) atoms. The van der Waals surface area contributed by atoms with Gasteiger partial charge >= 0.3 is 0 Å². The molecule has 2 aliphatic rings. The van der Waals surface area contributed by atoms with Crippen LogP contribution >= 0.6 is 0 Å². The molecule has 4 aromatic carbocycles. The van der Waals surface area contributed by atoms with Crippen molar-refractivity contribution in [1.82, 2.24) is 0 Å². The molecule has 0 saturated carbocycles. The van der Waals surface area contributed by atoms with E-state index >= 15 is 0 Å². The summed E-state index contributed by atoms with van der Waals surface area (Å²) in [5.41, 5.74) is 9.99. The molecule has 1 heterocycles. The Kier molecular flexibility index (Phi) is 5.71. The molecule has 0 bridgehead atoms. The van der Waals surface area contributed by atoms with Gasteiger partial charge in [0, 0.05) is 17.2 Å². The average molecular weight is 453 g/mol. The number of rotatable bonds is 4. The summed E-state index contributed by atoms with van der Waals surface area (Å²) in [5, 5.41) is 0. The fraction of sp³-hybridized carbons (Fsp3) is 0.152. The highest BCUT2D eigenvalue weighted by Crippen LogP contribution is 2.39. The molecular weight excluding hydrogens is 424 g/mol. The highest BCUT2D eigenvalue weighted by Gasteiger charge is 2.31. The largest absolute Gasteiger partial charge is 0.257 e. The summed E-state index contributed by atoms with van der Waals surface area (Å²) in [6, 6.07) is 38.8. The van der Waals surface area contributed by atoms with Gasteiger partial charge in [0.1, 0.15) is 0 Å². The third-order valence-electron chi connectivity index (χ3n) is 7.13. The lowest BCUT2D eigenvalue weighted by atomic mass is 9.83. The molecule has 2 atom stereocenters. The minimum Gasteiger partial charge on any atom is -0.257 e. The zero-order valence-electron chi connectivity index (χ0n) is 19.9. The van der Waals surface area contributed by atoms with Gasteiger partial charge in [-0.2, -0.15) is 0 Å². The summed E-state index contributed by atoms with van der Waals surface area (Å²) < 4.78 is 0. The van der Waals surface area contributed by atoms with E-state index in [4.69, 9.17) is 9.98 Å². The SMILES string of the molecule is CC1=NC(c2ccc(C3=CCCc4ccccc43)cc2)=NC(c2ccccc2)C1c1ccccc1. The molecule has 0 radical (unpaired) electrons. The highest BCUT2D eigenvalue weighted by molar-refractivity contribution is 6.10. The van der Waals surface area contributed by atoms with Crippen molar-refractivity contribution < 1.29 is 0 Å². The van der Waals surface area contributed by atoms with Crippen LogP contribution in [0.5, 0.6) is 0 Å². The minimum absolute atomic E-state index is 0.00120. The van der Waals surface area contributed by atoms with Crippen molar-refractivity contribution in [3.05, 3.63) is 149 Å². The van der Waals surface area contributed by atoms with E-state index in [1.165, 1.54) is 33.4 Å². The molecule has 1 aliphatic heterocycles. The summed E-state index contributed by atoms with van der Waals surface area (Å²) in [4.78, 5) is 10.2. The molecule has 0 fully saturated rings. The van der Waals surface area contributed by atoms with Crippen LogP contribution in [0.4, 0.5) is 0 Å². The molecule has 2 nitrogen and oxygen atoms in total.